The Labute approximate surface area is 144 Å². The predicted molar refractivity (Wildman–Crippen MR) is 89.8 cm³/mol. The number of amides is 2. The fourth-order valence-corrected chi connectivity index (χ4v) is 4.25. The largest absolute Gasteiger partial charge is 0.335 e. The van der Waals surface area contributed by atoms with Gasteiger partial charge in [-0.05, 0) is 30.2 Å². The third-order valence-electron chi connectivity index (χ3n) is 4.81. The van der Waals surface area contributed by atoms with E-state index in [2.05, 4.69) is 9.97 Å². The highest BCUT2D eigenvalue weighted by molar-refractivity contribution is 7.08. The molecular weight excluding hydrogens is 324 g/mol. The Bertz CT molecular complexity index is 734. The monoisotopic (exact) mass is 342 g/mol. The third-order valence-corrected chi connectivity index (χ3v) is 5.50. The Kier molecular flexibility index (Phi) is 4.02. The number of rotatable bonds is 2. The average molecular weight is 342 g/mol. The molecule has 3 aliphatic rings. The molecule has 7 heteroatoms. The normalized spacial score (nSPS) is 23.2. The molecule has 2 atom stereocenters. The van der Waals surface area contributed by atoms with Crippen LogP contribution in [0.4, 0.5) is 0 Å². The van der Waals surface area contributed by atoms with Crippen molar-refractivity contribution in [3.8, 4) is 0 Å². The summed E-state index contributed by atoms with van der Waals surface area (Å²) in [7, 11) is 0. The smallest absolute Gasteiger partial charge is 0.274 e. The van der Waals surface area contributed by atoms with Crippen molar-refractivity contribution in [2.24, 2.45) is 5.92 Å². The van der Waals surface area contributed by atoms with E-state index in [4.69, 9.17) is 0 Å². The van der Waals surface area contributed by atoms with Crippen molar-refractivity contribution >= 4 is 23.2 Å². The van der Waals surface area contributed by atoms with Gasteiger partial charge in [-0.2, -0.15) is 11.3 Å². The Balaban J connectivity index is 1.55. The molecule has 2 aromatic rings. The molecule has 2 aromatic heterocycles. The standard InChI is InChI=1S/C17H18N4O2S/c22-16(13-3-6-24-11-13)21-9-12-1-2-14(21)10-20(8-12)17(23)15-7-18-4-5-19-15/h3-7,11-12,14H,1-2,8-10H2. The van der Waals surface area contributed by atoms with Crippen LogP contribution in [0.2, 0.25) is 0 Å². The number of carbonyl (C=O) groups is 2. The molecule has 3 fully saturated rings. The number of nitrogens with zero attached hydrogens (tertiary/aromatic N) is 4. The first-order valence-corrected chi connectivity index (χ1v) is 9.05. The van der Waals surface area contributed by atoms with E-state index in [-0.39, 0.29) is 17.9 Å². The molecule has 0 saturated carbocycles. The van der Waals surface area contributed by atoms with Crippen molar-refractivity contribution in [2.75, 3.05) is 19.6 Å². The van der Waals surface area contributed by atoms with Gasteiger partial charge in [0.15, 0.2) is 0 Å². The molecule has 0 N–H and O–H groups in total. The highest BCUT2D eigenvalue weighted by Crippen LogP contribution is 2.30. The number of thiophene rings is 1. The van der Waals surface area contributed by atoms with Crippen LogP contribution >= 0.6 is 11.3 Å². The number of carbonyl (C=O) groups excluding carboxylic acids is 2. The molecule has 2 amide bonds. The highest BCUT2D eigenvalue weighted by Gasteiger charge is 2.39. The molecule has 3 aliphatic heterocycles. The maximum absolute atomic E-state index is 12.8. The third kappa shape index (κ3) is 2.80. The molecule has 124 valence electrons. The van der Waals surface area contributed by atoms with Crippen LogP contribution in [0.1, 0.15) is 33.7 Å². The van der Waals surface area contributed by atoms with Gasteiger partial charge in [0.05, 0.1) is 11.8 Å². The summed E-state index contributed by atoms with van der Waals surface area (Å²) in [5, 5.41) is 3.82. The summed E-state index contributed by atoms with van der Waals surface area (Å²) in [4.78, 5) is 37.4. The van der Waals surface area contributed by atoms with Gasteiger partial charge in [0, 0.05) is 43.4 Å². The summed E-state index contributed by atoms with van der Waals surface area (Å²) in [6.45, 7) is 1.98. The van der Waals surface area contributed by atoms with Crippen LogP contribution in [0.15, 0.2) is 35.4 Å². The van der Waals surface area contributed by atoms with Crippen LogP contribution in [0, 0.1) is 5.92 Å². The van der Waals surface area contributed by atoms with Crippen LogP contribution in [0.3, 0.4) is 0 Å². The summed E-state index contributed by atoms with van der Waals surface area (Å²) < 4.78 is 0. The van der Waals surface area contributed by atoms with Gasteiger partial charge in [0.1, 0.15) is 5.69 Å². The van der Waals surface area contributed by atoms with Gasteiger partial charge in [-0.25, -0.2) is 4.98 Å². The summed E-state index contributed by atoms with van der Waals surface area (Å²) in [6, 6.07) is 1.95. The maximum Gasteiger partial charge on any atom is 0.274 e. The molecule has 5 heterocycles. The average Bonchev–Trinajstić information content (AvgIpc) is 3.01. The van der Waals surface area contributed by atoms with Gasteiger partial charge < -0.3 is 9.80 Å². The van der Waals surface area contributed by atoms with Crippen molar-refractivity contribution in [3.63, 3.8) is 0 Å². The van der Waals surface area contributed by atoms with E-state index in [9.17, 15) is 9.59 Å². The van der Waals surface area contributed by atoms with E-state index >= 15 is 0 Å². The summed E-state index contributed by atoms with van der Waals surface area (Å²) in [6.07, 6.45) is 6.60. The molecule has 0 spiro atoms. The van der Waals surface area contributed by atoms with Crippen LogP contribution in [0.25, 0.3) is 0 Å². The number of hydrogen-bond donors (Lipinski definition) is 0. The second-order valence-electron chi connectivity index (χ2n) is 6.37. The lowest BCUT2D eigenvalue weighted by molar-refractivity contribution is 0.0574. The van der Waals surface area contributed by atoms with Crippen LogP contribution < -0.4 is 0 Å². The fourth-order valence-electron chi connectivity index (χ4n) is 3.62. The van der Waals surface area contributed by atoms with E-state index in [1.165, 1.54) is 23.7 Å². The molecule has 2 unspecified atom stereocenters. The van der Waals surface area contributed by atoms with Crippen LogP contribution in [0.5, 0.6) is 0 Å². The van der Waals surface area contributed by atoms with Gasteiger partial charge in [-0.1, -0.05) is 0 Å². The first-order chi connectivity index (χ1) is 11.7. The molecule has 5 rings (SSSR count). The molecule has 0 radical (unpaired) electrons. The molecular formula is C17H18N4O2S. The van der Waals surface area contributed by atoms with E-state index < -0.39 is 0 Å². The lowest BCUT2D eigenvalue weighted by Gasteiger charge is -2.35. The van der Waals surface area contributed by atoms with Gasteiger partial charge in [-0.15, -0.1) is 0 Å². The molecule has 0 aliphatic carbocycles. The Hall–Kier alpha value is -2.28. The SMILES string of the molecule is O=C(c1cnccn1)N1CC2CCC(C1)N(C(=O)c1ccsc1)C2. The van der Waals surface area contributed by atoms with Crippen molar-refractivity contribution in [1.29, 1.82) is 0 Å². The first-order valence-electron chi connectivity index (χ1n) is 8.11. The zero-order chi connectivity index (χ0) is 16.5. The van der Waals surface area contributed by atoms with E-state index in [1.807, 2.05) is 26.6 Å². The minimum absolute atomic E-state index is 0.0803. The number of piperidine rings is 1. The lowest BCUT2D eigenvalue weighted by Crippen LogP contribution is -2.47. The number of hydrogen-bond acceptors (Lipinski definition) is 5. The quantitative estimate of drug-likeness (QED) is 0.836. The Morgan fingerprint density at radius 3 is 2.79 bits per heavy atom. The van der Waals surface area contributed by atoms with Gasteiger partial charge in [-0.3, -0.25) is 14.6 Å². The van der Waals surface area contributed by atoms with Crippen LogP contribution in [-0.2, 0) is 0 Å². The number of aromatic nitrogens is 2. The molecule has 2 bridgehead atoms. The van der Waals surface area contributed by atoms with Crippen molar-refractivity contribution in [3.05, 3.63) is 46.7 Å². The van der Waals surface area contributed by atoms with Crippen LogP contribution in [-0.4, -0.2) is 57.3 Å². The summed E-state index contributed by atoms with van der Waals surface area (Å²) in [5.74, 6) is 0.316. The minimum atomic E-state index is -0.0927. The van der Waals surface area contributed by atoms with Crippen molar-refractivity contribution in [2.45, 2.75) is 18.9 Å². The summed E-state index contributed by atoms with van der Waals surface area (Å²) >= 11 is 1.53. The minimum Gasteiger partial charge on any atom is -0.335 e. The summed E-state index contributed by atoms with van der Waals surface area (Å²) in [5.41, 5.74) is 1.12. The maximum atomic E-state index is 12.8. The lowest BCUT2D eigenvalue weighted by atomic mass is 9.94. The Morgan fingerprint density at radius 2 is 2.04 bits per heavy atom. The molecule has 0 aromatic carbocycles. The first kappa shape index (κ1) is 15.3. The van der Waals surface area contributed by atoms with Crippen molar-refractivity contribution in [1.82, 2.24) is 19.8 Å². The molecule has 3 saturated heterocycles. The van der Waals surface area contributed by atoms with E-state index in [0.29, 0.717) is 24.7 Å². The van der Waals surface area contributed by atoms with Gasteiger partial charge in [0.2, 0.25) is 0 Å². The molecule has 6 nitrogen and oxygen atoms in total. The van der Waals surface area contributed by atoms with Gasteiger partial charge >= 0.3 is 0 Å². The highest BCUT2D eigenvalue weighted by atomic mass is 32.1. The second-order valence-corrected chi connectivity index (χ2v) is 7.15. The molecule has 24 heavy (non-hydrogen) atoms. The fraction of sp³-hybridized carbons (Fsp3) is 0.412. The Morgan fingerprint density at radius 1 is 1.12 bits per heavy atom. The number of fused-ring (bicyclic) bond motifs is 4. The predicted octanol–water partition coefficient (Wildman–Crippen LogP) is 1.91. The second kappa shape index (κ2) is 6.32. The zero-order valence-corrected chi connectivity index (χ0v) is 14.0. The topological polar surface area (TPSA) is 66.4 Å². The van der Waals surface area contributed by atoms with E-state index in [0.717, 1.165) is 24.9 Å². The van der Waals surface area contributed by atoms with Gasteiger partial charge in [0.25, 0.3) is 11.8 Å². The zero-order valence-electron chi connectivity index (χ0n) is 13.2. The van der Waals surface area contributed by atoms with E-state index in [1.54, 1.807) is 6.20 Å². The van der Waals surface area contributed by atoms with Crippen molar-refractivity contribution < 1.29 is 9.59 Å².